The molecule has 1 aliphatic carbocycles. The summed E-state index contributed by atoms with van der Waals surface area (Å²) in [6.45, 7) is 2.38. The van der Waals surface area contributed by atoms with Gasteiger partial charge in [-0.2, -0.15) is 0 Å². The fraction of sp³-hybridized carbons (Fsp3) is 0.571. The van der Waals surface area contributed by atoms with E-state index in [1.165, 1.54) is 0 Å². The molecule has 20 heavy (non-hydrogen) atoms. The van der Waals surface area contributed by atoms with Crippen LogP contribution in [0.25, 0.3) is 0 Å². The summed E-state index contributed by atoms with van der Waals surface area (Å²) in [5.41, 5.74) is 6.45. The lowest BCUT2D eigenvalue weighted by Gasteiger charge is -2.30. The van der Waals surface area contributed by atoms with Crippen molar-refractivity contribution in [3.8, 4) is 0 Å². The second kappa shape index (κ2) is 5.66. The second-order valence-corrected chi connectivity index (χ2v) is 5.60. The number of aromatic nitrogens is 1. The number of rotatable bonds is 4. The number of likely N-dealkylation sites (N-methyl/N-ethyl adjacent to an activating group) is 1. The number of aryl methyl sites for hydroxylation is 1. The largest absolute Gasteiger partial charge is 0.409 e. The standard InChI is InChI=1S/C14H22N4O2/c1-10-5-6-11(12(15)17-20)13(16-10)18(2)9-14(19)7-3-4-8-14/h5-6,19-20H,3-4,7-9H2,1-2H3,(H2,15,17). The first-order valence-corrected chi connectivity index (χ1v) is 6.84. The maximum Gasteiger partial charge on any atom is 0.173 e. The average molecular weight is 278 g/mol. The SMILES string of the molecule is Cc1ccc(/C(N)=N/O)c(N(C)CC2(O)CCCC2)n1. The third-order valence-corrected chi connectivity index (χ3v) is 3.83. The van der Waals surface area contributed by atoms with E-state index in [2.05, 4.69) is 10.1 Å². The minimum Gasteiger partial charge on any atom is -0.409 e. The summed E-state index contributed by atoms with van der Waals surface area (Å²) in [6.07, 6.45) is 3.72. The zero-order valence-electron chi connectivity index (χ0n) is 12.0. The summed E-state index contributed by atoms with van der Waals surface area (Å²) in [7, 11) is 1.87. The number of pyridine rings is 1. The van der Waals surface area contributed by atoms with Gasteiger partial charge in [0.2, 0.25) is 0 Å². The molecule has 1 aromatic rings. The van der Waals surface area contributed by atoms with E-state index in [1.807, 2.05) is 24.9 Å². The number of oxime groups is 1. The Balaban J connectivity index is 2.28. The number of amidine groups is 1. The van der Waals surface area contributed by atoms with Gasteiger partial charge >= 0.3 is 0 Å². The van der Waals surface area contributed by atoms with E-state index >= 15 is 0 Å². The highest BCUT2D eigenvalue weighted by atomic mass is 16.4. The minimum absolute atomic E-state index is 0.0257. The number of nitrogens with zero attached hydrogens (tertiary/aromatic N) is 3. The Morgan fingerprint density at radius 2 is 2.10 bits per heavy atom. The number of nitrogens with two attached hydrogens (primary N) is 1. The Labute approximate surface area is 118 Å². The fourth-order valence-corrected chi connectivity index (χ4v) is 2.80. The Hall–Kier alpha value is -1.82. The van der Waals surface area contributed by atoms with Gasteiger partial charge in [-0.15, -0.1) is 0 Å². The Morgan fingerprint density at radius 3 is 2.70 bits per heavy atom. The lowest BCUT2D eigenvalue weighted by atomic mass is 10.0. The van der Waals surface area contributed by atoms with Crippen molar-refractivity contribution in [3.63, 3.8) is 0 Å². The molecule has 4 N–H and O–H groups in total. The summed E-state index contributed by atoms with van der Waals surface area (Å²) in [5, 5.41) is 22.4. The third kappa shape index (κ3) is 3.01. The van der Waals surface area contributed by atoms with Gasteiger partial charge in [0, 0.05) is 19.3 Å². The van der Waals surface area contributed by atoms with Crippen molar-refractivity contribution in [2.75, 3.05) is 18.5 Å². The van der Waals surface area contributed by atoms with E-state index in [1.54, 1.807) is 6.07 Å². The van der Waals surface area contributed by atoms with Crippen LogP contribution in [0.1, 0.15) is 36.9 Å². The van der Waals surface area contributed by atoms with Crippen LogP contribution in [0.2, 0.25) is 0 Å². The predicted molar refractivity (Wildman–Crippen MR) is 78.2 cm³/mol. The first kappa shape index (κ1) is 14.6. The van der Waals surface area contributed by atoms with Crippen molar-refractivity contribution in [3.05, 3.63) is 23.4 Å². The van der Waals surface area contributed by atoms with Crippen molar-refractivity contribution in [2.45, 2.75) is 38.2 Å². The van der Waals surface area contributed by atoms with Crippen LogP contribution in [-0.4, -0.2) is 40.3 Å². The molecule has 1 fully saturated rings. The summed E-state index contributed by atoms with van der Waals surface area (Å²) in [6, 6.07) is 3.59. The molecule has 110 valence electrons. The molecule has 0 bridgehead atoms. The normalized spacial score (nSPS) is 18.2. The van der Waals surface area contributed by atoms with Gasteiger partial charge in [-0.3, -0.25) is 0 Å². The Morgan fingerprint density at radius 1 is 1.45 bits per heavy atom. The van der Waals surface area contributed by atoms with Gasteiger partial charge in [0.15, 0.2) is 5.84 Å². The Bertz CT molecular complexity index is 510. The van der Waals surface area contributed by atoms with Crippen LogP contribution >= 0.6 is 0 Å². The van der Waals surface area contributed by atoms with Crippen LogP contribution in [0.15, 0.2) is 17.3 Å². The molecule has 1 aromatic heterocycles. The topological polar surface area (TPSA) is 95.0 Å². The molecule has 0 radical (unpaired) electrons. The van der Waals surface area contributed by atoms with Crippen molar-refractivity contribution >= 4 is 11.7 Å². The summed E-state index contributed by atoms with van der Waals surface area (Å²) in [5.74, 6) is 0.651. The number of hydrogen-bond acceptors (Lipinski definition) is 5. The molecule has 2 rings (SSSR count). The van der Waals surface area contributed by atoms with Crippen LogP contribution in [0.3, 0.4) is 0 Å². The lowest BCUT2D eigenvalue weighted by Crippen LogP contribution is -2.40. The number of anilines is 1. The highest BCUT2D eigenvalue weighted by Crippen LogP contribution is 2.31. The second-order valence-electron chi connectivity index (χ2n) is 5.60. The molecule has 0 unspecified atom stereocenters. The molecule has 0 spiro atoms. The molecule has 6 nitrogen and oxygen atoms in total. The van der Waals surface area contributed by atoms with Crippen molar-refractivity contribution in [1.82, 2.24) is 4.98 Å². The highest BCUT2D eigenvalue weighted by molar-refractivity contribution is 6.01. The van der Waals surface area contributed by atoms with Crippen LogP contribution in [-0.2, 0) is 0 Å². The number of aliphatic hydroxyl groups is 1. The predicted octanol–water partition coefficient (Wildman–Crippen LogP) is 1.23. The van der Waals surface area contributed by atoms with Crippen LogP contribution in [0.4, 0.5) is 5.82 Å². The molecule has 0 atom stereocenters. The van der Waals surface area contributed by atoms with E-state index in [-0.39, 0.29) is 5.84 Å². The van der Waals surface area contributed by atoms with Crippen molar-refractivity contribution < 1.29 is 10.3 Å². The fourth-order valence-electron chi connectivity index (χ4n) is 2.80. The smallest absolute Gasteiger partial charge is 0.173 e. The zero-order valence-corrected chi connectivity index (χ0v) is 12.0. The highest BCUT2D eigenvalue weighted by Gasteiger charge is 2.33. The molecule has 6 heteroatoms. The average Bonchev–Trinajstić information content (AvgIpc) is 2.84. The molecule has 1 heterocycles. The molecular formula is C14H22N4O2. The third-order valence-electron chi connectivity index (χ3n) is 3.83. The molecule has 0 aliphatic heterocycles. The maximum atomic E-state index is 10.5. The monoisotopic (exact) mass is 278 g/mol. The van der Waals surface area contributed by atoms with E-state index in [0.29, 0.717) is 17.9 Å². The molecule has 0 aromatic carbocycles. The molecule has 1 saturated carbocycles. The van der Waals surface area contributed by atoms with Gasteiger partial charge in [-0.05, 0) is 31.9 Å². The number of hydrogen-bond donors (Lipinski definition) is 3. The van der Waals surface area contributed by atoms with Gasteiger partial charge < -0.3 is 20.9 Å². The van der Waals surface area contributed by atoms with Crippen molar-refractivity contribution in [2.24, 2.45) is 10.9 Å². The lowest BCUT2D eigenvalue weighted by molar-refractivity contribution is 0.0558. The molecule has 1 aliphatic rings. The Kier molecular flexibility index (Phi) is 4.13. The van der Waals surface area contributed by atoms with E-state index in [0.717, 1.165) is 31.4 Å². The van der Waals surface area contributed by atoms with Crippen LogP contribution in [0, 0.1) is 6.92 Å². The maximum absolute atomic E-state index is 10.5. The molecule has 0 saturated heterocycles. The zero-order chi connectivity index (χ0) is 14.8. The van der Waals surface area contributed by atoms with Gasteiger partial charge in [-0.25, -0.2) is 4.98 Å². The molecular weight excluding hydrogens is 256 g/mol. The summed E-state index contributed by atoms with van der Waals surface area (Å²) < 4.78 is 0. The first-order valence-electron chi connectivity index (χ1n) is 6.84. The van der Waals surface area contributed by atoms with Gasteiger partial charge in [0.05, 0.1) is 11.2 Å². The summed E-state index contributed by atoms with van der Waals surface area (Å²) >= 11 is 0. The van der Waals surface area contributed by atoms with Crippen LogP contribution < -0.4 is 10.6 Å². The van der Waals surface area contributed by atoms with E-state index in [4.69, 9.17) is 10.9 Å². The quantitative estimate of drug-likeness (QED) is 0.333. The van der Waals surface area contributed by atoms with Crippen molar-refractivity contribution in [1.29, 1.82) is 0 Å². The summed E-state index contributed by atoms with van der Waals surface area (Å²) in [4.78, 5) is 6.34. The first-order chi connectivity index (χ1) is 9.45. The minimum atomic E-state index is -0.664. The van der Waals surface area contributed by atoms with E-state index in [9.17, 15) is 5.11 Å². The van der Waals surface area contributed by atoms with E-state index < -0.39 is 5.60 Å². The van der Waals surface area contributed by atoms with Crippen LogP contribution in [0.5, 0.6) is 0 Å². The van der Waals surface area contributed by atoms with Gasteiger partial charge in [0.25, 0.3) is 0 Å². The van der Waals surface area contributed by atoms with Gasteiger partial charge in [0.1, 0.15) is 5.82 Å². The van der Waals surface area contributed by atoms with Gasteiger partial charge in [-0.1, -0.05) is 18.0 Å². The molecule has 0 amide bonds.